The SMILES string of the molecule is COC(=O)c1ccc2c3c(n(CCCN(C)C)c(=O)c2c1)-c1ccccc1C3=O. The van der Waals surface area contributed by atoms with Crippen LogP contribution in [0.3, 0.4) is 0 Å². The number of benzene rings is 2. The van der Waals surface area contributed by atoms with Gasteiger partial charge in [-0.05, 0) is 39.2 Å². The Morgan fingerprint density at radius 3 is 2.45 bits per heavy atom. The van der Waals surface area contributed by atoms with E-state index < -0.39 is 5.97 Å². The summed E-state index contributed by atoms with van der Waals surface area (Å²) in [6.07, 6.45) is 0.762. The van der Waals surface area contributed by atoms with Gasteiger partial charge in [0.25, 0.3) is 5.56 Å². The fourth-order valence-electron chi connectivity index (χ4n) is 3.98. The highest BCUT2D eigenvalue weighted by molar-refractivity contribution is 6.26. The van der Waals surface area contributed by atoms with Crippen LogP contribution in [-0.2, 0) is 11.3 Å². The van der Waals surface area contributed by atoms with Crippen LogP contribution in [0.5, 0.6) is 0 Å². The van der Waals surface area contributed by atoms with Crippen LogP contribution in [0.25, 0.3) is 22.0 Å². The molecule has 0 radical (unpaired) electrons. The maximum absolute atomic E-state index is 13.4. The molecule has 1 heterocycles. The molecule has 0 saturated heterocycles. The van der Waals surface area contributed by atoms with E-state index in [0.717, 1.165) is 18.5 Å². The highest BCUT2D eigenvalue weighted by Crippen LogP contribution is 2.39. The minimum absolute atomic E-state index is 0.0900. The maximum Gasteiger partial charge on any atom is 0.337 e. The molecule has 6 heteroatoms. The molecule has 0 saturated carbocycles. The first kappa shape index (κ1) is 19.1. The number of nitrogens with zero attached hydrogens (tertiary/aromatic N) is 2. The van der Waals surface area contributed by atoms with Gasteiger partial charge in [-0.2, -0.15) is 0 Å². The second kappa shape index (κ2) is 7.29. The topological polar surface area (TPSA) is 68.6 Å². The number of carbonyl (C=O) groups is 2. The zero-order valence-corrected chi connectivity index (χ0v) is 16.7. The summed E-state index contributed by atoms with van der Waals surface area (Å²) in [6.45, 7) is 1.30. The Morgan fingerprint density at radius 1 is 1.03 bits per heavy atom. The first-order chi connectivity index (χ1) is 13.9. The Kier molecular flexibility index (Phi) is 4.80. The summed E-state index contributed by atoms with van der Waals surface area (Å²) in [4.78, 5) is 40.7. The molecular weight excluding hydrogens is 368 g/mol. The van der Waals surface area contributed by atoms with Crippen LogP contribution in [0.2, 0.25) is 0 Å². The third-order valence-corrected chi connectivity index (χ3v) is 5.33. The number of rotatable bonds is 5. The standard InChI is InChI=1S/C23H22N2O4/c1-24(2)11-6-12-25-20-16-7-4-5-8-17(16)21(26)19(20)15-10-9-14(23(28)29-3)13-18(15)22(25)27/h4-5,7-10,13H,6,11-12H2,1-3H3. The smallest absolute Gasteiger partial charge is 0.337 e. The number of pyridine rings is 1. The Labute approximate surface area is 168 Å². The van der Waals surface area contributed by atoms with Crippen LogP contribution in [0.4, 0.5) is 0 Å². The van der Waals surface area contributed by atoms with E-state index in [1.807, 2.05) is 32.3 Å². The molecule has 0 atom stereocenters. The van der Waals surface area contributed by atoms with Crippen molar-refractivity contribution in [3.63, 3.8) is 0 Å². The molecule has 0 spiro atoms. The molecule has 148 valence electrons. The van der Waals surface area contributed by atoms with Gasteiger partial charge in [-0.25, -0.2) is 4.79 Å². The molecule has 0 fully saturated rings. The van der Waals surface area contributed by atoms with Crippen LogP contribution < -0.4 is 5.56 Å². The van der Waals surface area contributed by atoms with Crippen molar-refractivity contribution in [1.29, 1.82) is 0 Å². The molecular formula is C23H22N2O4. The summed E-state index contributed by atoms with van der Waals surface area (Å²) >= 11 is 0. The van der Waals surface area contributed by atoms with Crippen molar-refractivity contribution in [1.82, 2.24) is 9.47 Å². The third kappa shape index (κ3) is 3.06. The van der Waals surface area contributed by atoms with E-state index in [1.165, 1.54) is 13.2 Å². The van der Waals surface area contributed by atoms with Gasteiger partial charge in [0.1, 0.15) is 0 Å². The summed E-state index contributed by atoms with van der Waals surface area (Å²) in [7, 11) is 5.26. The van der Waals surface area contributed by atoms with Gasteiger partial charge in [-0.1, -0.05) is 30.3 Å². The number of ether oxygens (including phenoxy) is 1. The van der Waals surface area contributed by atoms with Gasteiger partial charge >= 0.3 is 5.97 Å². The van der Waals surface area contributed by atoms with E-state index >= 15 is 0 Å². The lowest BCUT2D eigenvalue weighted by molar-refractivity contribution is 0.0601. The predicted octanol–water partition coefficient (Wildman–Crippen LogP) is 2.95. The average molecular weight is 390 g/mol. The van der Waals surface area contributed by atoms with Crippen LogP contribution >= 0.6 is 0 Å². The molecule has 0 amide bonds. The minimum atomic E-state index is -0.513. The van der Waals surface area contributed by atoms with E-state index in [9.17, 15) is 14.4 Å². The lowest BCUT2D eigenvalue weighted by atomic mass is 10.0. The van der Waals surface area contributed by atoms with Gasteiger partial charge < -0.3 is 14.2 Å². The lowest BCUT2D eigenvalue weighted by Crippen LogP contribution is -2.25. The summed E-state index contributed by atoms with van der Waals surface area (Å²) in [5, 5.41) is 0.931. The Morgan fingerprint density at radius 2 is 1.76 bits per heavy atom. The van der Waals surface area contributed by atoms with E-state index in [1.54, 1.807) is 22.8 Å². The summed E-state index contributed by atoms with van der Waals surface area (Å²) in [5.41, 5.74) is 2.68. The number of hydrogen-bond acceptors (Lipinski definition) is 5. The summed E-state index contributed by atoms with van der Waals surface area (Å²) < 4.78 is 6.48. The minimum Gasteiger partial charge on any atom is -0.465 e. The molecule has 1 aromatic heterocycles. The molecule has 6 nitrogen and oxygen atoms in total. The first-order valence-electron chi connectivity index (χ1n) is 9.51. The normalized spacial score (nSPS) is 12.3. The maximum atomic E-state index is 13.4. The summed E-state index contributed by atoms with van der Waals surface area (Å²) in [5.74, 6) is -0.603. The molecule has 0 unspecified atom stereocenters. The van der Waals surface area contributed by atoms with Crippen molar-refractivity contribution in [3.05, 3.63) is 69.5 Å². The van der Waals surface area contributed by atoms with Crippen LogP contribution in [-0.4, -0.2) is 49.0 Å². The van der Waals surface area contributed by atoms with Gasteiger partial charge in [0.05, 0.1) is 23.9 Å². The van der Waals surface area contributed by atoms with Crippen LogP contribution in [0.15, 0.2) is 47.3 Å². The Hall–Kier alpha value is -3.25. The Bertz CT molecular complexity index is 1210. The van der Waals surface area contributed by atoms with Gasteiger partial charge in [0, 0.05) is 28.4 Å². The number of hydrogen-bond donors (Lipinski definition) is 0. The second-order valence-electron chi connectivity index (χ2n) is 7.46. The van der Waals surface area contributed by atoms with Gasteiger partial charge in [-0.3, -0.25) is 9.59 Å². The zero-order valence-electron chi connectivity index (χ0n) is 16.7. The Balaban J connectivity index is 2.01. The monoisotopic (exact) mass is 390 g/mol. The largest absolute Gasteiger partial charge is 0.465 e. The number of methoxy groups -OCH3 is 1. The molecule has 1 aliphatic carbocycles. The van der Waals surface area contributed by atoms with Crippen molar-refractivity contribution in [3.8, 4) is 11.3 Å². The van der Waals surface area contributed by atoms with E-state index in [0.29, 0.717) is 39.7 Å². The van der Waals surface area contributed by atoms with Crippen LogP contribution in [0, 0.1) is 0 Å². The molecule has 2 aromatic carbocycles. The van der Waals surface area contributed by atoms with Crippen LogP contribution in [0.1, 0.15) is 32.7 Å². The predicted molar refractivity (Wildman–Crippen MR) is 112 cm³/mol. The third-order valence-electron chi connectivity index (χ3n) is 5.33. The number of carbonyl (C=O) groups excluding carboxylic acids is 2. The van der Waals surface area contributed by atoms with Crippen molar-refractivity contribution < 1.29 is 14.3 Å². The molecule has 0 bridgehead atoms. The van der Waals surface area contributed by atoms with Crippen molar-refractivity contribution in [2.24, 2.45) is 0 Å². The first-order valence-corrected chi connectivity index (χ1v) is 9.51. The number of ketones is 1. The summed E-state index contributed by atoms with van der Waals surface area (Å²) in [6, 6.07) is 12.2. The van der Waals surface area contributed by atoms with E-state index in [4.69, 9.17) is 4.74 Å². The second-order valence-corrected chi connectivity index (χ2v) is 7.46. The molecule has 0 N–H and O–H groups in total. The average Bonchev–Trinajstić information content (AvgIpc) is 3.02. The fourth-order valence-corrected chi connectivity index (χ4v) is 3.98. The van der Waals surface area contributed by atoms with E-state index in [-0.39, 0.29) is 11.3 Å². The highest BCUT2D eigenvalue weighted by Gasteiger charge is 2.32. The van der Waals surface area contributed by atoms with Gasteiger partial charge in [0.15, 0.2) is 5.78 Å². The molecule has 29 heavy (non-hydrogen) atoms. The quantitative estimate of drug-likeness (QED) is 0.490. The molecule has 3 aromatic rings. The van der Waals surface area contributed by atoms with Gasteiger partial charge in [-0.15, -0.1) is 0 Å². The highest BCUT2D eigenvalue weighted by atomic mass is 16.5. The zero-order chi connectivity index (χ0) is 20.7. The lowest BCUT2D eigenvalue weighted by Gasteiger charge is -2.16. The van der Waals surface area contributed by atoms with E-state index in [2.05, 4.69) is 4.90 Å². The van der Waals surface area contributed by atoms with Crippen molar-refractivity contribution >= 4 is 22.5 Å². The number of esters is 1. The molecule has 0 aliphatic heterocycles. The van der Waals surface area contributed by atoms with Gasteiger partial charge in [0.2, 0.25) is 0 Å². The molecule has 1 aliphatic rings. The number of fused-ring (bicyclic) bond motifs is 5. The van der Waals surface area contributed by atoms with Crippen molar-refractivity contribution in [2.45, 2.75) is 13.0 Å². The number of aromatic nitrogens is 1. The fraction of sp³-hybridized carbons (Fsp3) is 0.261. The van der Waals surface area contributed by atoms with Crippen molar-refractivity contribution in [2.75, 3.05) is 27.7 Å². The molecule has 4 rings (SSSR count).